The summed E-state index contributed by atoms with van der Waals surface area (Å²) in [5.41, 5.74) is 2.64. The molecule has 12 heteroatoms. The molecule has 214 valence electrons. The van der Waals surface area contributed by atoms with Gasteiger partial charge in [0.15, 0.2) is 0 Å². The van der Waals surface area contributed by atoms with E-state index >= 15 is 0 Å². The highest BCUT2D eigenvalue weighted by molar-refractivity contribution is 9.10. The zero-order chi connectivity index (χ0) is 29.7. The number of amides is 3. The third kappa shape index (κ3) is 5.07. The van der Waals surface area contributed by atoms with Crippen molar-refractivity contribution < 1.29 is 18.8 Å². The number of hydrogen-bond donors (Lipinski definition) is 1. The van der Waals surface area contributed by atoms with Gasteiger partial charge >= 0.3 is 4.87 Å². The molecule has 3 amide bonds. The first-order chi connectivity index (χ1) is 20.1. The predicted octanol–water partition coefficient (Wildman–Crippen LogP) is 5.31. The van der Waals surface area contributed by atoms with E-state index in [0.717, 1.165) is 38.8 Å². The molecule has 0 radical (unpaired) electrons. The molecule has 1 N–H and O–H groups in total. The Bertz CT molecular complexity index is 1750. The van der Waals surface area contributed by atoms with Gasteiger partial charge in [0.1, 0.15) is 17.6 Å². The third-order valence-corrected chi connectivity index (χ3v) is 10.5. The highest BCUT2D eigenvalue weighted by Crippen LogP contribution is 2.54. The van der Waals surface area contributed by atoms with Crippen LogP contribution < -0.4 is 20.0 Å². The number of aromatic nitrogens is 1. The maximum atomic E-state index is 14.0. The number of hydrogen-bond acceptors (Lipinski definition) is 7. The Kier molecular flexibility index (Phi) is 7.54. The zero-order valence-corrected chi connectivity index (χ0v) is 25.6. The Morgan fingerprint density at radius 3 is 2.26 bits per heavy atom. The normalized spacial score (nSPS) is 19.4. The van der Waals surface area contributed by atoms with Crippen LogP contribution in [0, 0.1) is 11.7 Å². The van der Waals surface area contributed by atoms with Gasteiger partial charge in [0.2, 0.25) is 17.7 Å². The van der Waals surface area contributed by atoms with Gasteiger partial charge in [0, 0.05) is 40.7 Å². The number of rotatable bonds is 6. The Morgan fingerprint density at radius 1 is 0.952 bits per heavy atom. The molecule has 0 unspecified atom stereocenters. The molecular weight excluding hydrogens is 643 g/mol. The lowest BCUT2D eigenvalue weighted by atomic mass is 9.83. The number of anilines is 3. The van der Waals surface area contributed by atoms with Gasteiger partial charge in [-0.1, -0.05) is 51.2 Å². The summed E-state index contributed by atoms with van der Waals surface area (Å²) in [6.07, 6.45) is 0. The minimum atomic E-state index is -0.785. The van der Waals surface area contributed by atoms with Crippen LogP contribution in [0.4, 0.5) is 21.5 Å². The van der Waals surface area contributed by atoms with Crippen LogP contribution in [0.15, 0.2) is 87.1 Å². The summed E-state index contributed by atoms with van der Waals surface area (Å²) >= 11 is 5.55. The number of halogens is 2. The van der Waals surface area contributed by atoms with E-state index in [-0.39, 0.29) is 23.2 Å². The second kappa shape index (κ2) is 11.2. The van der Waals surface area contributed by atoms with Gasteiger partial charge in [0.05, 0.1) is 16.6 Å². The highest BCUT2D eigenvalue weighted by atomic mass is 79.9. The maximum Gasteiger partial charge on any atom is 0.308 e. The second-order valence-corrected chi connectivity index (χ2v) is 13.2. The van der Waals surface area contributed by atoms with Crippen molar-refractivity contribution in [3.05, 3.63) is 103 Å². The molecule has 1 saturated heterocycles. The fraction of sp³-hybridized carbons (Fsp3) is 0.200. The second-order valence-electron chi connectivity index (χ2n) is 10.2. The van der Waals surface area contributed by atoms with E-state index in [0.29, 0.717) is 21.3 Å². The van der Waals surface area contributed by atoms with Crippen molar-refractivity contribution in [3.8, 4) is 0 Å². The fourth-order valence-electron chi connectivity index (χ4n) is 5.32. The van der Waals surface area contributed by atoms with Crippen LogP contribution in [0.1, 0.15) is 16.4 Å². The quantitative estimate of drug-likeness (QED) is 0.281. The summed E-state index contributed by atoms with van der Waals surface area (Å²) in [6.45, 7) is -0.294. The van der Waals surface area contributed by atoms with E-state index in [1.165, 1.54) is 33.7 Å². The molecule has 4 aromatic rings. The van der Waals surface area contributed by atoms with Gasteiger partial charge in [-0.25, -0.2) is 9.29 Å². The summed E-state index contributed by atoms with van der Waals surface area (Å²) in [5.74, 6) is -2.88. The predicted molar refractivity (Wildman–Crippen MR) is 166 cm³/mol. The van der Waals surface area contributed by atoms with Crippen molar-refractivity contribution in [3.63, 3.8) is 0 Å². The molecule has 42 heavy (non-hydrogen) atoms. The van der Waals surface area contributed by atoms with E-state index in [9.17, 15) is 23.6 Å². The molecule has 3 atom stereocenters. The van der Waals surface area contributed by atoms with Crippen LogP contribution in [0.2, 0.25) is 0 Å². The van der Waals surface area contributed by atoms with Crippen molar-refractivity contribution in [2.75, 3.05) is 29.2 Å². The molecule has 6 rings (SSSR count). The van der Waals surface area contributed by atoms with Gasteiger partial charge in [0.25, 0.3) is 0 Å². The first-order valence-electron chi connectivity index (χ1n) is 13.0. The largest absolute Gasteiger partial charge is 0.378 e. The summed E-state index contributed by atoms with van der Waals surface area (Å²) in [4.78, 5) is 57.6. The van der Waals surface area contributed by atoms with Crippen molar-refractivity contribution in [1.82, 2.24) is 4.57 Å². The summed E-state index contributed by atoms with van der Waals surface area (Å²) in [5, 5.41) is 2.40. The SMILES string of the molecule is CN(C)c1ccc([C@@H]2c3sc(=O)n(CC(=O)Nc4ccc(F)cc4)c3S[C@H]3C(=O)N(c4ccc(Br)cc4)C(=O)[C@@H]23)cc1. The van der Waals surface area contributed by atoms with Crippen LogP contribution >= 0.6 is 39.0 Å². The number of carbonyl (C=O) groups is 3. The summed E-state index contributed by atoms with van der Waals surface area (Å²) in [6, 6.07) is 20.0. The summed E-state index contributed by atoms with van der Waals surface area (Å²) < 4.78 is 15.5. The number of nitrogens with one attached hydrogen (secondary N) is 1. The molecule has 2 aliphatic heterocycles. The standard InChI is InChI=1S/C30H24BrFN4O4S2/c1-34(2)20-11-3-16(4-12-20)23-24-25(28(39)36(27(24)38)21-13-5-17(31)6-14-21)41-29-26(23)42-30(40)35(29)15-22(37)33-19-9-7-18(32)8-10-19/h3-14,23-25H,15H2,1-2H3,(H,33,37)/t23-,24-,25+/m0/s1. The summed E-state index contributed by atoms with van der Waals surface area (Å²) in [7, 11) is 3.86. The molecule has 0 saturated carbocycles. The smallest absolute Gasteiger partial charge is 0.308 e. The number of thiazole rings is 1. The van der Waals surface area contributed by atoms with Crippen molar-refractivity contribution in [2.24, 2.45) is 5.92 Å². The highest BCUT2D eigenvalue weighted by Gasteiger charge is 2.56. The minimum Gasteiger partial charge on any atom is -0.378 e. The van der Waals surface area contributed by atoms with Crippen LogP contribution in [0.5, 0.6) is 0 Å². The molecule has 0 spiro atoms. The lowest BCUT2D eigenvalue weighted by molar-refractivity contribution is -0.122. The molecule has 1 fully saturated rings. The first kappa shape index (κ1) is 28.4. The maximum absolute atomic E-state index is 14.0. The van der Waals surface area contributed by atoms with Crippen LogP contribution in [-0.2, 0) is 20.9 Å². The lowest BCUT2D eigenvalue weighted by Gasteiger charge is -2.31. The van der Waals surface area contributed by atoms with E-state index < -0.39 is 28.8 Å². The third-order valence-electron chi connectivity index (χ3n) is 7.33. The molecule has 8 nitrogen and oxygen atoms in total. The van der Waals surface area contributed by atoms with Crippen molar-refractivity contribution >= 4 is 73.8 Å². The van der Waals surface area contributed by atoms with Gasteiger partial charge in [-0.3, -0.25) is 23.7 Å². The minimum absolute atomic E-state index is 0.294. The lowest BCUT2D eigenvalue weighted by Crippen LogP contribution is -2.33. The van der Waals surface area contributed by atoms with Gasteiger partial charge in [-0.05, 0) is 66.2 Å². The zero-order valence-electron chi connectivity index (χ0n) is 22.4. The average Bonchev–Trinajstić information content (AvgIpc) is 3.41. The molecule has 2 aliphatic rings. The van der Waals surface area contributed by atoms with E-state index in [4.69, 9.17) is 0 Å². The molecular formula is C30H24BrFN4O4S2. The monoisotopic (exact) mass is 666 g/mol. The number of imide groups is 1. The number of benzene rings is 3. The Labute approximate surface area is 257 Å². The first-order valence-corrected chi connectivity index (χ1v) is 15.5. The van der Waals surface area contributed by atoms with Gasteiger partial charge in [-0.2, -0.15) is 0 Å². The molecule has 3 heterocycles. The van der Waals surface area contributed by atoms with Crippen LogP contribution in [0.3, 0.4) is 0 Å². The molecule has 1 aromatic heterocycles. The number of nitrogens with zero attached hydrogens (tertiary/aromatic N) is 3. The van der Waals surface area contributed by atoms with E-state index in [1.807, 2.05) is 43.3 Å². The molecule has 0 bridgehead atoms. The van der Waals surface area contributed by atoms with Crippen molar-refractivity contribution in [2.45, 2.75) is 22.7 Å². The van der Waals surface area contributed by atoms with Crippen molar-refractivity contribution in [1.29, 1.82) is 0 Å². The number of thioether (sulfide) groups is 1. The molecule has 0 aliphatic carbocycles. The topological polar surface area (TPSA) is 91.7 Å². The number of fused-ring (bicyclic) bond motifs is 2. The molecule has 3 aromatic carbocycles. The fourth-order valence-corrected chi connectivity index (χ4v) is 8.35. The Hall–Kier alpha value is -3.74. The van der Waals surface area contributed by atoms with Gasteiger partial charge < -0.3 is 10.2 Å². The average molecular weight is 668 g/mol. The van der Waals surface area contributed by atoms with Crippen LogP contribution in [0.25, 0.3) is 0 Å². The Morgan fingerprint density at radius 2 is 1.62 bits per heavy atom. The van der Waals surface area contributed by atoms with E-state index in [2.05, 4.69) is 21.2 Å². The van der Waals surface area contributed by atoms with Gasteiger partial charge in [-0.15, -0.1) is 0 Å². The van der Waals surface area contributed by atoms with E-state index in [1.54, 1.807) is 24.3 Å². The number of carbonyl (C=O) groups excluding carboxylic acids is 3. The van der Waals surface area contributed by atoms with Crippen LogP contribution in [-0.4, -0.2) is 41.6 Å². The Balaban J connectivity index is 1.41.